The van der Waals surface area contributed by atoms with Gasteiger partial charge >= 0.3 is 0 Å². The van der Waals surface area contributed by atoms with Crippen LogP contribution in [0.15, 0.2) is 29.4 Å². The molecule has 0 unspecified atom stereocenters. The molecule has 1 heterocycles. The minimum Gasteiger partial charge on any atom is -0.497 e. The molecule has 2 aromatic rings. The first-order valence-electron chi connectivity index (χ1n) is 5.87. The van der Waals surface area contributed by atoms with Crippen molar-refractivity contribution in [2.75, 3.05) is 7.11 Å². The van der Waals surface area contributed by atoms with Crippen molar-refractivity contribution < 1.29 is 13.2 Å². The Bertz CT molecular complexity index is 695. The fourth-order valence-electron chi connectivity index (χ4n) is 1.82. The van der Waals surface area contributed by atoms with Gasteiger partial charge in [-0.2, -0.15) is 0 Å². The van der Waals surface area contributed by atoms with Crippen LogP contribution >= 0.6 is 10.7 Å². The monoisotopic (exact) mass is 315 g/mol. The molecule has 2 rings (SSSR count). The van der Waals surface area contributed by atoms with Gasteiger partial charge in [0.1, 0.15) is 11.6 Å². The van der Waals surface area contributed by atoms with E-state index < -0.39 is 9.05 Å². The Morgan fingerprint density at radius 3 is 2.35 bits per heavy atom. The van der Waals surface area contributed by atoms with Gasteiger partial charge in [0.2, 0.25) is 0 Å². The van der Waals surface area contributed by atoms with Crippen molar-refractivity contribution in [2.45, 2.75) is 18.0 Å². The summed E-state index contributed by atoms with van der Waals surface area (Å²) in [6.07, 6.45) is 1.29. The Balaban J connectivity index is 2.09. The highest BCUT2D eigenvalue weighted by Gasteiger charge is 2.19. The number of aromatic nitrogens is 3. The zero-order valence-electron chi connectivity index (χ0n) is 11.1. The van der Waals surface area contributed by atoms with E-state index in [0.717, 1.165) is 17.7 Å². The van der Waals surface area contributed by atoms with Crippen LogP contribution < -0.4 is 4.74 Å². The molecular weight excluding hydrogens is 302 g/mol. The molecule has 108 valence electrons. The van der Waals surface area contributed by atoms with E-state index in [9.17, 15) is 8.42 Å². The van der Waals surface area contributed by atoms with Crippen molar-refractivity contribution in [1.29, 1.82) is 0 Å². The number of rotatable bonds is 5. The Morgan fingerprint density at radius 1 is 1.20 bits per heavy atom. The maximum absolute atomic E-state index is 11.2. The van der Waals surface area contributed by atoms with Crippen LogP contribution in [-0.4, -0.2) is 30.3 Å². The smallest absolute Gasteiger partial charge is 0.296 e. The molecule has 0 aliphatic carbocycles. The van der Waals surface area contributed by atoms with Crippen molar-refractivity contribution in [1.82, 2.24) is 14.8 Å². The highest BCUT2D eigenvalue weighted by Crippen LogP contribution is 2.15. The molecule has 0 saturated carbocycles. The Morgan fingerprint density at radius 2 is 1.85 bits per heavy atom. The minimum absolute atomic E-state index is 0.233. The third kappa shape index (κ3) is 3.29. The van der Waals surface area contributed by atoms with Crippen LogP contribution in [-0.2, 0) is 28.9 Å². The summed E-state index contributed by atoms with van der Waals surface area (Å²) in [5.41, 5.74) is 1.10. The molecule has 6 nitrogen and oxygen atoms in total. The number of nitrogens with zero attached hydrogens (tertiary/aromatic N) is 3. The molecule has 0 saturated heterocycles. The van der Waals surface area contributed by atoms with E-state index in [2.05, 4.69) is 10.2 Å². The largest absolute Gasteiger partial charge is 0.497 e. The molecule has 1 aromatic heterocycles. The molecule has 0 fully saturated rings. The van der Waals surface area contributed by atoms with E-state index >= 15 is 0 Å². The van der Waals surface area contributed by atoms with E-state index in [4.69, 9.17) is 15.4 Å². The van der Waals surface area contributed by atoms with Crippen molar-refractivity contribution in [3.8, 4) is 5.75 Å². The number of hydrogen-bond donors (Lipinski definition) is 0. The van der Waals surface area contributed by atoms with Gasteiger partial charge < -0.3 is 9.30 Å². The second-order valence-electron chi connectivity index (χ2n) is 4.24. The van der Waals surface area contributed by atoms with Crippen LogP contribution in [0.25, 0.3) is 0 Å². The van der Waals surface area contributed by atoms with Crippen LogP contribution in [0.3, 0.4) is 0 Å². The Kier molecular flexibility index (Phi) is 4.29. The standard InChI is InChI=1S/C12H14ClN3O3S/c1-16-11(14-15-12(16)20(13,17)18)8-5-9-3-6-10(19-2)7-4-9/h3-4,6-7H,5,8H2,1-2H3. The van der Waals surface area contributed by atoms with Crippen LogP contribution in [0.4, 0.5) is 0 Å². The Labute approximate surface area is 121 Å². The number of halogens is 1. The zero-order valence-corrected chi connectivity index (χ0v) is 12.6. The highest BCUT2D eigenvalue weighted by molar-refractivity contribution is 8.13. The lowest BCUT2D eigenvalue weighted by Crippen LogP contribution is -2.06. The lowest BCUT2D eigenvalue weighted by atomic mass is 10.1. The quantitative estimate of drug-likeness (QED) is 0.782. The van der Waals surface area contributed by atoms with Gasteiger partial charge in [-0.25, -0.2) is 8.42 Å². The van der Waals surface area contributed by atoms with Gasteiger partial charge in [0.15, 0.2) is 0 Å². The van der Waals surface area contributed by atoms with Crippen molar-refractivity contribution in [3.63, 3.8) is 0 Å². The summed E-state index contributed by atoms with van der Waals surface area (Å²) >= 11 is 0. The molecule has 0 N–H and O–H groups in total. The highest BCUT2D eigenvalue weighted by atomic mass is 35.7. The molecule has 0 radical (unpaired) electrons. The Hall–Kier alpha value is -1.60. The topological polar surface area (TPSA) is 74.1 Å². The van der Waals surface area contributed by atoms with Gasteiger partial charge in [0, 0.05) is 24.2 Å². The molecule has 0 aliphatic rings. The third-order valence-electron chi connectivity index (χ3n) is 2.94. The minimum atomic E-state index is -3.86. The van der Waals surface area contributed by atoms with E-state index in [0.29, 0.717) is 12.2 Å². The summed E-state index contributed by atoms with van der Waals surface area (Å²) in [6.45, 7) is 0. The number of methoxy groups -OCH3 is 1. The molecule has 0 amide bonds. The molecule has 20 heavy (non-hydrogen) atoms. The second kappa shape index (κ2) is 5.80. The summed E-state index contributed by atoms with van der Waals surface area (Å²) < 4.78 is 29.0. The zero-order chi connectivity index (χ0) is 14.8. The van der Waals surface area contributed by atoms with Gasteiger partial charge in [0.05, 0.1) is 7.11 Å². The van der Waals surface area contributed by atoms with Crippen LogP contribution in [0.1, 0.15) is 11.4 Å². The van der Waals surface area contributed by atoms with E-state index in [1.54, 1.807) is 14.2 Å². The number of aryl methyl sites for hydroxylation is 2. The van der Waals surface area contributed by atoms with Gasteiger partial charge in [-0.1, -0.05) is 12.1 Å². The molecular formula is C12H14ClN3O3S. The summed E-state index contributed by atoms with van der Waals surface area (Å²) in [7, 11) is 4.60. The van der Waals surface area contributed by atoms with Crippen LogP contribution in [0, 0.1) is 0 Å². The number of benzene rings is 1. The molecule has 0 bridgehead atoms. The molecule has 0 aliphatic heterocycles. The predicted octanol–water partition coefficient (Wildman–Crippen LogP) is 1.54. The predicted molar refractivity (Wildman–Crippen MR) is 74.4 cm³/mol. The summed E-state index contributed by atoms with van der Waals surface area (Å²) in [5, 5.41) is 7.22. The summed E-state index contributed by atoms with van der Waals surface area (Å²) in [6, 6.07) is 7.66. The van der Waals surface area contributed by atoms with E-state index in [1.807, 2.05) is 24.3 Å². The van der Waals surface area contributed by atoms with Gasteiger partial charge in [-0.15, -0.1) is 10.2 Å². The molecule has 0 atom stereocenters. The number of ether oxygens (including phenoxy) is 1. The molecule has 0 spiro atoms. The second-order valence-corrected chi connectivity index (χ2v) is 6.70. The van der Waals surface area contributed by atoms with Crippen molar-refractivity contribution >= 4 is 19.7 Å². The fourth-order valence-corrected chi connectivity index (χ4v) is 2.80. The SMILES string of the molecule is COc1ccc(CCc2nnc(S(=O)(=O)Cl)n2C)cc1. The van der Waals surface area contributed by atoms with Crippen LogP contribution in [0.5, 0.6) is 5.75 Å². The van der Waals surface area contributed by atoms with Crippen molar-refractivity contribution in [3.05, 3.63) is 35.7 Å². The van der Waals surface area contributed by atoms with E-state index in [1.165, 1.54) is 4.57 Å². The average molecular weight is 316 g/mol. The fraction of sp³-hybridized carbons (Fsp3) is 0.333. The average Bonchev–Trinajstić information content (AvgIpc) is 2.78. The first-order valence-corrected chi connectivity index (χ1v) is 8.18. The van der Waals surface area contributed by atoms with Crippen LogP contribution in [0.2, 0.25) is 0 Å². The summed E-state index contributed by atoms with van der Waals surface area (Å²) in [4.78, 5) is 0. The van der Waals surface area contributed by atoms with Gasteiger partial charge in [-0.3, -0.25) is 0 Å². The maximum Gasteiger partial charge on any atom is 0.296 e. The first-order chi connectivity index (χ1) is 9.41. The van der Waals surface area contributed by atoms with E-state index in [-0.39, 0.29) is 5.16 Å². The molecule has 8 heteroatoms. The lowest BCUT2D eigenvalue weighted by Gasteiger charge is -2.04. The van der Waals surface area contributed by atoms with Gasteiger partial charge in [-0.05, 0) is 24.1 Å². The lowest BCUT2D eigenvalue weighted by molar-refractivity contribution is 0.414. The molecule has 1 aromatic carbocycles. The summed E-state index contributed by atoms with van der Waals surface area (Å²) in [5.74, 6) is 1.36. The third-order valence-corrected chi connectivity index (χ3v) is 4.15. The number of hydrogen-bond acceptors (Lipinski definition) is 5. The first kappa shape index (κ1) is 14.8. The van der Waals surface area contributed by atoms with Gasteiger partial charge in [0.25, 0.3) is 14.2 Å². The maximum atomic E-state index is 11.2. The van der Waals surface area contributed by atoms with Crippen molar-refractivity contribution in [2.24, 2.45) is 7.05 Å². The normalized spacial score (nSPS) is 11.6.